The second-order valence-electron chi connectivity index (χ2n) is 11.2. The molecule has 0 spiro atoms. The molecule has 1 atom stereocenters. The Morgan fingerprint density at radius 1 is 1.05 bits per heavy atom. The minimum absolute atomic E-state index is 0.258. The third-order valence-electron chi connectivity index (χ3n) is 6.49. The second kappa shape index (κ2) is 15.3. The molecular formula is C30H45N7O4. The number of benzene rings is 1. The van der Waals surface area contributed by atoms with E-state index in [0.29, 0.717) is 45.6 Å². The lowest BCUT2D eigenvalue weighted by molar-refractivity contribution is -0.149. The topological polar surface area (TPSA) is 118 Å². The highest BCUT2D eigenvalue weighted by atomic mass is 16.6. The maximum absolute atomic E-state index is 12.8. The molecule has 1 amide bonds. The molecule has 2 aromatic heterocycles. The van der Waals surface area contributed by atoms with Crippen molar-refractivity contribution >= 4 is 12.1 Å². The van der Waals surface area contributed by atoms with Gasteiger partial charge in [-0.1, -0.05) is 24.3 Å². The first-order valence-corrected chi connectivity index (χ1v) is 14.1. The van der Waals surface area contributed by atoms with Crippen molar-refractivity contribution in [2.75, 3.05) is 20.2 Å². The number of aromatic amines is 1. The number of likely N-dealkylation sites (N-methyl/N-ethyl adjacent to an activating group) is 1. The molecule has 2 heterocycles. The number of amides is 1. The number of nitrogens with zero attached hydrogens (tertiary/aromatic N) is 5. The van der Waals surface area contributed by atoms with Crippen LogP contribution >= 0.6 is 0 Å². The highest BCUT2D eigenvalue weighted by Crippen LogP contribution is 2.16. The van der Waals surface area contributed by atoms with Gasteiger partial charge in [0.1, 0.15) is 23.3 Å². The van der Waals surface area contributed by atoms with Gasteiger partial charge in [0, 0.05) is 51.5 Å². The van der Waals surface area contributed by atoms with Crippen molar-refractivity contribution in [1.82, 2.24) is 34.6 Å². The normalized spacial score (nSPS) is 12.5. The van der Waals surface area contributed by atoms with Crippen LogP contribution in [0.5, 0.6) is 0 Å². The number of H-pyrrole nitrogens is 1. The van der Waals surface area contributed by atoms with Crippen LogP contribution in [0.15, 0.2) is 49.1 Å². The number of imidazole rings is 2. The SMILES string of the molecule is CCOC(=O)[C@@H](CCCNC(=O)OC(C)(C)C)N(C)Cc1ccc(CN(Cc2ncc[nH]2)Cc2nccn2C)cc1. The monoisotopic (exact) mass is 567 g/mol. The summed E-state index contributed by atoms with van der Waals surface area (Å²) in [6.07, 6.45) is 8.08. The highest BCUT2D eigenvalue weighted by Gasteiger charge is 2.25. The van der Waals surface area contributed by atoms with Gasteiger partial charge in [-0.15, -0.1) is 0 Å². The summed E-state index contributed by atoms with van der Waals surface area (Å²) in [4.78, 5) is 41.1. The maximum Gasteiger partial charge on any atom is 0.407 e. The van der Waals surface area contributed by atoms with Crippen molar-refractivity contribution < 1.29 is 19.1 Å². The average Bonchev–Trinajstić information content (AvgIpc) is 3.56. The second-order valence-corrected chi connectivity index (χ2v) is 11.2. The van der Waals surface area contributed by atoms with E-state index in [1.807, 2.05) is 62.9 Å². The van der Waals surface area contributed by atoms with E-state index in [1.54, 1.807) is 13.1 Å². The summed E-state index contributed by atoms with van der Waals surface area (Å²) >= 11 is 0. The third kappa shape index (κ3) is 11.0. The lowest BCUT2D eigenvalue weighted by atomic mass is 10.1. The van der Waals surface area contributed by atoms with Gasteiger partial charge < -0.3 is 24.3 Å². The molecule has 0 saturated heterocycles. The van der Waals surface area contributed by atoms with Crippen LogP contribution < -0.4 is 5.32 Å². The van der Waals surface area contributed by atoms with E-state index in [-0.39, 0.29) is 5.97 Å². The maximum atomic E-state index is 12.8. The zero-order valence-electron chi connectivity index (χ0n) is 25.2. The van der Waals surface area contributed by atoms with Gasteiger partial charge in [0.15, 0.2) is 0 Å². The van der Waals surface area contributed by atoms with Crippen molar-refractivity contribution in [2.24, 2.45) is 7.05 Å². The molecule has 2 N–H and O–H groups in total. The van der Waals surface area contributed by atoms with Crippen molar-refractivity contribution in [3.8, 4) is 0 Å². The summed E-state index contributed by atoms with van der Waals surface area (Å²) < 4.78 is 12.7. The number of hydrogen-bond acceptors (Lipinski definition) is 8. The van der Waals surface area contributed by atoms with Crippen molar-refractivity contribution in [3.63, 3.8) is 0 Å². The number of alkyl carbamates (subject to hydrolysis) is 1. The van der Waals surface area contributed by atoms with Crippen LogP contribution in [0.2, 0.25) is 0 Å². The van der Waals surface area contributed by atoms with E-state index >= 15 is 0 Å². The van der Waals surface area contributed by atoms with E-state index in [2.05, 4.69) is 49.4 Å². The fraction of sp³-hybridized carbons (Fsp3) is 0.533. The predicted octanol–water partition coefficient (Wildman–Crippen LogP) is 4.01. The molecule has 11 heteroatoms. The summed E-state index contributed by atoms with van der Waals surface area (Å²) in [6.45, 7) is 10.7. The van der Waals surface area contributed by atoms with Crippen LogP contribution in [-0.4, -0.2) is 73.2 Å². The number of esters is 1. The van der Waals surface area contributed by atoms with Crippen molar-refractivity contribution in [1.29, 1.82) is 0 Å². The van der Waals surface area contributed by atoms with E-state index in [9.17, 15) is 9.59 Å². The van der Waals surface area contributed by atoms with Crippen LogP contribution in [0.3, 0.4) is 0 Å². The predicted molar refractivity (Wildman–Crippen MR) is 157 cm³/mol. The average molecular weight is 568 g/mol. The number of ether oxygens (including phenoxy) is 2. The van der Waals surface area contributed by atoms with E-state index < -0.39 is 17.7 Å². The van der Waals surface area contributed by atoms with Gasteiger partial charge in [-0.3, -0.25) is 14.6 Å². The smallest absolute Gasteiger partial charge is 0.407 e. The van der Waals surface area contributed by atoms with Gasteiger partial charge in [0.2, 0.25) is 0 Å². The van der Waals surface area contributed by atoms with E-state index in [4.69, 9.17) is 9.47 Å². The fourth-order valence-corrected chi connectivity index (χ4v) is 4.48. The number of carbonyl (C=O) groups excluding carboxylic acids is 2. The molecule has 41 heavy (non-hydrogen) atoms. The number of rotatable bonds is 15. The van der Waals surface area contributed by atoms with Gasteiger partial charge in [-0.2, -0.15) is 0 Å². The summed E-state index contributed by atoms with van der Waals surface area (Å²) in [5.41, 5.74) is 1.72. The first-order chi connectivity index (χ1) is 19.5. The quantitative estimate of drug-likeness (QED) is 0.209. The molecule has 0 radical (unpaired) electrons. The highest BCUT2D eigenvalue weighted by molar-refractivity contribution is 5.75. The molecule has 0 fully saturated rings. The van der Waals surface area contributed by atoms with Gasteiger partial charge in [-0.05, 0) is 58.7 Å². The summed E-state index contributed by atoms with van der Waals surface area (Å²) in [7, 11) is 3.93. The zero-order chi connectivity index (χ0) is 29.8. The van der Waals surface area contributed by atoms with Gasteiger partial charge in [0.25, 0.3) is 0 Å². The Bertz CT molecular complexity index is 1200. The molecule has 224 valence electrons. The molecule has 0 aliphatic rings. The Hall–Kier alpha value is -3.70. The van der Waals surface area contributed by atoms with Crippen LogP contribution in [0.1, 0.15) is 63.3 Å². The first-order valence-electron chi connectivity index (χ1n) is 14.1. The lowest BCUT2D eigenvalue weighted by Gasteiger charge is -2.27. The van der Waals surface area contributed by atoms with Gasteiger partial charge >= 0.3 is 12.1 Å². The largest absolute Gasteiger partial charge is 0.465 e. The molecule has 0 unspecified atom stereocenters. The Balaban J connectivity index is 1.58. The molecule has 0 aliphatic heterocycles. The Kier molecular flexibility index (Phi) is 11.9. The molecule has 11 nitrogen and oxygen atoms in total. The van der Waals surface area contributed by atoms with Crippen LogP contribution in [-0.2, 0) is 47.5 Å². The molecule has 1 aromatic carbocycles. The fourth-order valence-electron chi connectivity index (χ4n) is 4.48. The molecule has 0 bridgehead atoms. The number of nitrogens with one attached hydrogen (secondary N) is 2. The molecule has 3 rings (SSSR count). The van der Waals surface area contributed by atoms with Crippen LogP contribution in [0.4, 0.5) is 4.79 Å². The first kappa shape index (κ1) is 31.8. The van der Waals surface area contributed by atoms with Gasteiger partial charge in [0.05, 0.1) is 19.7 Å². The molecule has 0 saturated carbocycles. The lowest BCUT2D eigenvalue weighted by Crippen LogP contribution is -2.40. The number of hydrogen-bond donors (Lipinski definition) is 2. The summed E-state index contributed by atoms with van der Waals surface area (Å²) in [5.74, 6) is 1.64. The molecule has 0 aliphatic carbocycles. The summed E-state index contributed by atoms with van der Waals surface area (Å²) in [5, 5.41) is 2.76. The standard InChI is InChI=1S/C30H45N7O4/c1-7-40-28(38)25(9-8-14-34-29(39)41-30(2,3)4)36(6)19-23-10-12-24(13-11-23)20-37(21-26-31-15-16-32-26)22-27-33-17-18-35(27)5/h10-13,15-18,25H,7-9,14,19-22H2,1-6H3,(H,31,32)(H,34,39)/t25-/m1/s1. The van der Waals surface area contributed by atoms with Crippen LogP contribution in [0.25, 0.3) is 0 Å². The Morgan fingerprint density at radius 3 is 2.34 bits per heavy atom. The van der Waals surface area contributed by atoms with E-state index in [1.165, 1.54) is 5.56 Å². The van der Waals surface area contributed by atoms with Gasteiger partial charge in [-0.25, -0.2) is 14.8 Å². The summed E-state index contributed by atoms with van der Waals surface area (Å²) in [6, 6.07) is 8.03. The Labute approximate surface area is 243 Å². The van der Waals surface area contributed by atoms with Crippen LogP contribution in [0, 0.1) is 0 Å². The molecular weight excluding hydrogens is 522 g/mol. The number of aromatic nitrogens is 4. The number of aryl methyl sites for hydroxylation is 1. The third-order valence-corrected chi connectivity index (χ3v) is 6.49. The van der Waals surface area contributed by atoms with Crippen molar-refractivity contribution in [2.45, 2.75) is 78.4 Å². The van der Waals surface area contributed by atoms with Crippen molar-refractivity contribution in [3.05, 3.63) is 71.8 Å². The number of carbonyl (C=O) groups is 2. The van der Waals surface area contributed by atoms with E-state index in [0.717, 1.165) is 23.8 Å². The Morgan fingerprint density at radius 2 is 1.76 bits per heavy atom. The molecule has 3 aromatic rings. The zero-order valence-corrected chi connectivity index (χ0v) is 25.2. The minimum Gasteiger partial charge on any atom is -0.465 e. The minimum atomic E-state index is -0.552.